The smallest absolute Gasteiger partial charge is 0.150 e. The lowest BCUT2D eigenvalue weighted by molar-refractivity contribution is 0.263. The SMILES string of the molecule is CCC1CCCC(n2ccnc2-c2cccs2)C1. The predicted octanol–water partition coefficient (Wildman–Crippen LogP) is 4.75. The molecule has 2 unspecified atom stereocenters. The Hall–Kier alpha value is -1.09. The number of hydrogen-bond donors (Lipinski definition) is 0. The van der Waals surface area contributed by atoms with Crippen molar-refractivity contribution in [2.75, 3.05) is 0 Å². The third-order valence-corrected chi connectivity index (χ3v) is 5.00. The van der Waals surface area contributed by atoms with Gasteiger partial charge in [-0.25, -0.2) is 4.98 Å². The van der Waals surface area contributed by atoms with Gasteiger partial charge in [0.1, 0.15) is 5.82 Å². The molecule has 3 heteroatoms. The van der Waals surface area contributed by atoms with Crippen molar-refractivity contribution in [2.24, 2.45) is 5.92 Å². The molecule has 0 aromatic carbocycles. The molecule has 1 fully saturated rings. The van der Waals surface area contributed by atoms with Crippen LogP contribution in [0.3, 0.4) is 0 Å². The Bertz CT molecular complexity index is 486. The Morgan fingerprint density at radius 2 is 2.39 bits per heavy atom. The largest absolute Gasteiger partial charge is 0.327 e. The van der Waals surface area contributed by atoms with Crippen molar-refractivity contribution in [3.05, 3.63) is 29.9 Å². The lowest BCUT2D eigenvalue weighted by Gasteiger charge is -2.30. The van der Waals surface area contributed by atoms with Crippen LogP contribution in [0.25, 0.3) is 10.7 Å². The van der Waals surface area contributed by atoms with Crippen LogP contribution in [0.15, 0.2) is 29.9 Å². The Kier molecular flexibility index (Phi) is 3.50. The van der Waals surface area contributed by atoms with Crippen molar-refractivity contribution < 1.29 is 0 Å². The highest BCUT2D eigenvalue weighted by atomic mass is 32.1. The fraction of sp³-hybridized carbons (Fsp3) is 0.533. The standard InChI is InChI=1S/C15H20N2S/c1-2-12-5-3-6-13(11-12)17-9-8-16-15(17)14-7-4-10-18-14/h4,7-10,12-13H,2-3,5-6,11H2,1H3. The molecule has 1 aliphatic carbocycles. The number of thiophene rings is 1. The monoisotopic (exact) mass is 260 g/mol. The molecule has 2 aromatic heterocycles. The molecule has 18 heavy (non-hydrogen) atoms. The van der Waals surface area contributed by atoms with Gasteiger partial charge in [0, 0.05) is 18.4 Å². The molecule has 0 radical (unpaired) electrons. The Labute approximate surface area is 113 Å². The van der Waals surface area contributed by atoms with E-state index in [0.29, 0.717) is 6.04 Å². The maximum Gasteiger partial charge on any atom is 0.150 e. The minimum Gasteiger partial charge on any atom is -0.327 e. The second-order valence-corrected chi connectivity index (χ2v) is 6.18. The quantitative estimate of drug-likeness (QED) is 0.778. The van der Waals surface area contributed by atoms with Crippen LogP contribution in [-0.4, -0.2) is 9.55 Å². The van der Waals surface area contributed by atoms with Crippen LogP contribution in [0.1, 0.15) is 45.1 Å². The third kappa shape index (κ3) is 2.24. The molecule has 0 spiro atoms. The zero-order valence-electron chi connectivity index (χ0n) is 10.9. The third-order valence-electron chi connectivity index (χ3n) is 4.14. The van der Waals surface area contributed by atoms with Gasteiger partial charge in [-0.15, -0.1) is 11.3 Å². The van der Waals surface area contributed by atoms with E-state index in [1.165, 1.54) is 37.0 Å². The lowest BCUT2D eigenvalue weighted by atomic mass is 9.84. The van der Waals surface area contributed by atoms with E-state index >= 15 is 0 Å². The average Bonchev–Trinajstić information content (AvgIpc) is 3.09. The number of aromatic nitrogens is 2. The van der Waals surface area contributed by atoms with E-state index in [9.17, 15) is 0 Å². The molecule has 0 aliphatic heterocycles. The van der Waals surface area contributed by atoms with Crippen LogP contribution in [0, 0.1) is 5.92 Å². The van der Waals surface area contributed by atoms with E-state index in [4.69, 9.17) is 0 Å². The lowest BCUT2D eigenvalue weighted by Crippen LogP contribution is -2.19. The van der Waals surface area contributed by atoms with Crippen molar-refractivity contribution in [1.82, 2.24) is 9.55 Å². The summed E-state index contributed by atoms with van der Waals surface area (Å²) in [6.45, 7) is 2.32. The topological polar surface area (TPSA) is 17.8 Å². The summed E-state index contributed by atoms with van der Waals surface area (Å²) in [6, 6.07) is 4.93. The number of rotatable bonds is 3. The summed E-state index contributed by atoms with van der Waals surface area (Å²) in [5.41, 5.74) is 0. The molecule has 0 N–H and O–H groups in total. The van der Waals surface area contributed by atoms with Crippen LogP contribution in [0.5, 0.6) is 0 Å². The normalized spacial score (nSPS) is 24.3. The summed E-state index contributed by atoms with van der Waals surface area (Å²) in [6.07, 6.45) is 10.8. The summed E-state index contributed by atoms with van der Waals surface area (Å²) in [5.74, 6) is 2.06. The van der Waals surface area contributed by atoms with Crippen LogP contribution in [0.4, 0.5) is 0 Å². The van der Waals surface area contributed by atoms with Gasteiger partial charge in [0.25, 0.3) is 0 Å². The zero-order chi connectivity index (χ0) is 12.4. The zero-order valence-corrected chi connectivity index (χ0v) is 11.7. The summed E-state index contributed by atoms with van der Waals surface area (Å²) in [5, 5.41) is 2.13. The average molecular weight is 260 g/mol. The Morgan fingerprint density at radius 1 is 1.44 bits per heavy atom. The maximum absolute atomic E-state index is 4.56. The summed E-state index contributed by atoms with van der Waals surface area (Å²) < 4.78 is 2.41. The van der Waals surface area contributed by atoms with Gasteiger partial charge in [-0.2, -0.15) is 0 Å². The fourth-order valence-electron chi connectivity index (χ4n) is 3.09. The fourth-order valence-corrected chi connectivity index (χ4v) is 3.81. The number of nitrogens with zero attached hydrogens (tertiary/aromatic N) is 2. The van der Waals surface area contributed by atoms with E-state index in [1.54, 1.807) is 11.3 Å². The molecule has 3 rings (SSSR count). The van der Waals surface area contributed by atoms with E-state index in [-0.39, 0.29) is 0 Å². The molecule has 0 bridgehead atoms. The molecule has 1 aliphatic rings. The number of imidazole rings is 1. The molecule has 1 saturated carbocycles. The van der Waals surface area contributed by atoms with Gasteiger partial charge < -0.3 is 4.57 Å². The molecule has 0 saturated heterocycles. The van der Waals surface area contributed by atoms with Gasteiger partial charge in [0.2, 0.25) is 0 Å². The molecule has 2 aromatic rings. The van der Waals surface area contributed by atoms with Gasteiger partial charge >= 0.3 is 0 Å². The van der Waals surface area contributed by atoms with Crippen LogP contribution < -0.4 is 0 Å². The Morgan fingerprint density at radius 3 is 3.17 bits per heavy atom. The summed E-state index contributed by atoms with van der Waals surface area (Å²) in [7, 11) is 0. The van der Waals surface area contributed by atoms with Gasteiger partial charge in [-0.1, -0.05) is 32.3 Å². The molecule has 2 atom stereocenters. The molecule has 96 valence electrons. The predicted molar refractivity (Wildman–Crippen MR) is 76.8 cm³/mol. The minimum absolute atomic E-state index is 0.656. The second-order valence-electron chi connectivity index (χ2n) is 5.23. The molecule has 0 amide bonds. The highest BCUT2D eigenvalue weighted by Crippen LogP contribution is 2.36. The molecule has 2 nitrogen and oxygen atoms in total. The first-order chi connectivity index (χ1) is 8.88. The minimum atomic E-state index is 0.656. The van der Waals surface area contributed by atoms with E-state index in [0.717, 1.165) is 11.7 Å². The summed E-state index contributed by atoms with van der Waals surface area (Å²) >= 11 is 1.78. The van der Waals surface area contributed by atoms with Crippen molar-refractivity contribution in [3.8, 4) is 10.7 Å². The van der Waals surface area contributed by atoms with Crippen molar-refractivity contribution in [3.63, 3.8) is 0 Å². The van der Waals surface area contributed by atoms with Crippen LogP contribution >= 0.6 is 11.3 Å². The second kappa shape index (κ2) is 5.27. The first-order valence-electron chi connectivity index (χ1n) is 6.95. The van der Waals surface area contributed by atoms with Gasteiger partial charge in [-0.05, 0) is 30.2 Å². The molecular formula is C15H20N2S. The van der Waals surface area contributed by atoms with E-state index in [1.807, 2.05) is 6.20 Å². The van der Waals surface area contributed by atoms with Crippen molar-refractivity contribution >= 4 is 11.3 Å². The van der Waals surface area contributed by atoms with Crippen LogP contribution in [-0.2, 0) is 0 Å². The first kappa shape index (κ1) is 12.0. The van der Waals surface area contributed by atoms with E-state index < -0.39 is 0 Å². The van der Waals surface area contributed by atoms with E-state index in [2.05, 4.69) is 40.2 Å². The summed E-state index contributed by atoms with van der Waals surface area (Å²) in [4.78, 5) is 5.85. The van der Waals surface area contributed by atoms with Crippen molar-refractivity contribution in [2.45, 2.75) is 45.1 Å². The van der Waals surface area contributed by atoms with Gasteiger partial charge in [0.15, 0.2) is 0 Å². The van der Waals surface area contributed by atoms with Crippen molar-refractivity contribution in [1.29, 1.82) is 0 Å². The van der Waals surface area contributed by atoms with Gasteiger partial charge in [0.05, 0.1) is 4.88 Å². The highest BCUT2D eigenvalue weighted by Gasteiger charge is 2.23. The number of hydrogen-bond acceptors (Lipinski definition) is 2. The van der Waals surface area contributed by atoms with Gasteiger partial charge in [-0.3, -0.25) is 0 Å². The highest BCUT2D eigenvalue weighted by molar-refractivity contribution is 7.13. The molecule has 2 heterocycles. The van der Waals surface area contributed by atoms with Crippen LogP contribution in [0.2, 0.25) is 0 Å². The first-order valence-corrected chi connectivity index (χ1v) is 7.83. The molecular weight excluding hydrogens is 240 g/mol. The Balaban J connectivity index is 1.86. The maximum atomic E-state index is 4.56.